The van der Waals surface area contributed by atoms with Gasteiger partial charge >= 0.3 is 0 Å². The molecule has 2 aromatic carbocycles. The van der Waals surface area contributed by atoms with Crippen LogP contribution in [-0.2, 0) is 0 Å². The molecule has 1 heterocycles. The zero-order valence-electron chi connectivity index (χ0n) is 13.6. The van der Waals surface area contributed by atoms with E-state index < -0.39 is 11.7 Å². The molecule has 8 heteroatoms. The number of amides is 1. The van der Waals surface area contributed by atoms with Gasteiger partial charge < -0.3 is 10.6 Å². The van der Waals surface area contributed by atoms with Gasteiger partial charge in [-0.15, -0.1) is 0 Å². The summed E-state index contributed by atoms with van der Waals surface area (Å²) in [5.74, 6) is -0.136. The number of nitrogens with one attached hydrogen (secondary N) is 2. The Labute approximate surface area is 159 Å². The van der Waals surface area contributed by atoms with Crippen LogP contribution in [0.25, 0.3) is 0 Å². The minimum atomic E-state index is -0.480. The number of rotatable bonds is 4. The molecule has 2 N–H and O–H groups in total. The van der Waals surface area contributed by atoms with E-state index in [1.807, 2.05) is 0 Å². The van der Waals surface area contributed by atoms with Crippen molar-refractivity contribution in [2.75, 3.05) is 10.6 Å². The van der Waals surface area contributed by atoms with Crippen LogP contribution < -0.4 is 10.6 Å². The quantitative estimate of drug-likeness (QED) is 0.640. The molecule has 0 saturated heterocycles. The molecule has 3 aromatic rings. The molecular weight excluding hydrogens is 378 g/mol. The highest BCUT2D eigenvalue weighted by Gasteiger charge is 2.12. The van der Waals surface area contributed by atoms with Gasteiger partial charge in [-0.1, -0.05) is 29.3 Å². The SMILES string of the molecule is Cc1nc(Nc2ccc(Cl)cc2Cl)cc(C(=O)Nc2cccc(F)c2)n1. The van der Waals surface area contributed by atoms with Crippen molar-refractivity contribution >= 4 is 46.3 Å². The summed E-state index contributed by atoms with van der Waals surface area (Å²) in [7, 11) is 0. The monoisotopic (exact) mass is 390 g/mol. The topological polar surface area (TPSA) is 66.9 Å². The molecular formula is C18H13Cl2FN4O. The molecule has 0 spiro atoms. The maximum absolute atomic E-state index is 13.2. The van der Waals surface area contributed by atoms with Gasteiger partial charge in [0.05, 0.1) is 10.7 Å². The number of carbonyl (C=O) groups is 1. The van der Waals surface area contributed by atoms with Crippen molar-refractivity contribution in [1.29, 1.82) is 0 Å². The zero-order chi connectivity index (χ0) is 18.7. The van der Waals surface area contributed by atoms with Crippen LogP contribution >= 0.6 is 23.2 Å². The van der Waals surface area contributed by atoms with E-state index in [4.69, 9.17) is 23.2 Å². The fourth-order valence-corrected chi connectivity index (χ4v) is 2.69. The number of aromatic nitrogens is 2. The van der Waals surface area contributed by atoms with Gasteiger partial charge in [-0.25, -0.2) is 14.4 Å². The third-order valence-electron chi connectivity index (χ3n) is 3.35. The van der Waals surface area contributed by atoms with E-state index in [9.17, 15) is 9.18 Å². The predicted molar refractivity (Wildman–Crippen MR) is 101 cm³/mol. The lowest BCUT2D eigenvalue weighted by Gasteiger charge is -2.10. The first-order chi connectivity index (χ1) is 12.4. The number of anilines is 3. The number of halogens is 3. The second-order valence-corrected chi connectivity index (χ2v) is 6.24. The van der Waals surface area contributed by atoms with Crippen LogP contribution in [0.2, 0.25) is 10.0 Å². The van der Waals surface area contributed by atoms with Crippen LogP contribution in [0.4, 0.5) is 21.6 Å². The highest BCUT2D eigenvalue weighted by Crippen LogP contribution is 2.27. The zero-order valence-corrected chi connectivity index (χ0v) is 15.1. The van der Waals surface area contributed by atoms with E-state index in [2.05, 4.69) is 20.6 Å². The van der Waals surface area contributed by atoms with Crippen LogP contribution in [-0.4, -0.2) is 15.9 Å². The van der Waals surface area contributed by atoms with Gasteiger partial charge in [0, 0.05) is 16.8 Å². The lowest BCUT2D eigenvalue weighted by molar-refractivity contribution is 0.102. The number of aryl methyl sites for hydroxylation is 1. The van der Waals surface area contributed by atoms with Gasteiger partial charge in [0.15, 0.2) is 0 Å². The molecule has 1 amide bonds. The second kappa shape index (κ2) is 7.68. The van der Waals surface area contributed by atoms with E-state index in [-0.39, 0.29) is 5.69 Å². The molecule has 132 valence electrons. The summed E-state index contributed by atoms with van der Waals surface area (Å²) in [5, 5.41) is 6.55. The Hall–Kier alpha value is -2.70. The third-order valence-corrected chi connectivity index (χ3v) is 3.89. The average Bonchev–Trinajstić information content (AvgIpc) is 2.57. The summed E-state index contributed by atoms with van der Waals surface area (Å²) >= 11 is 12.0. The molecule has 0 atom stereocenters. The molecule has 0 aliphatic carbocycles. The Kier molecular flexibility index (Phi) is 5.35. The van der Waals surface area contributed by atoms with Crippen molar-refractivity contribution in [2.24, 2.45) is 0 Å². The van der Waals surface area contributed by atoms with Crippen LogP contribution in [0.15, 0.2) is 48.5 Å². The van der Waals surface area contributed by atoms with Gasteiger partial charge in [0.2, 0.25) is 0 Å². The normalized spacial score (nSPS) is 10.5. The van der Waals surface area contributed by atoms with Crippen molar-refractivity contribution in [3.8, 4) is 0 Å². The van der Waals surface area contributed by atoms with Crippen LogP contribution in [0, 0.1) is 12.7 Å². The van der Waals surface area contributed by atoms with Crippen LogP contribution in [0.3, 0.4) is 0 Å². The van der Waals surface area contributed by atoms with E-state index in [0.717, 1.165) is 0 Å². The molecule has 1 aromatic heterocycles. The van der Waals surface area contributed by atoms with Gasteiger partial charge in [-0.2, -0.15) is 0 Å². The first kappa shape index (κ1) is 18.1. The molecule has 26 heavy (non-hydrogen) atoms. The fraction of sp³-hybridized carbons (Fsp3) is 0.0556. The minimum Gasteiger partial charge on any atom is -0.339 e. The fourth-order valence-electron chi connectivity index (χ4n) is 2.24. The number of nitrogens with zero attached hydrogens (tertiary/aromatic N) is 2. The van der Waals surface area contributed by atoms with Gasteiger partial charge in [0.25, 0.3) is 5.91 Å². The molecule has 3 rings (SSSR count). The Morgan fingerprint density at radius 3 is 2.62 bits per heavy atom. The van der Waals surface area contributed by atoms with Crippen molar-refractivity contribution in [2.45, 2.75) is 6.92 Å². The maximum Gasteiger partial charge on any atom is 0.274 e. The maximum atomic E-state index is 13.2. The number of benzene rings is 2. The molecule has 0 fully saturated rings. The largest absolute Gasteiger partial charge is 0.339 e. The Morgan fingerprint density at radius 1 is 1.08 bits per heavy atom. The molecule has 0 saturated carbocycles. The predicted octanol–water partition coefficient (Wildman–Crippen LogP) is 5.23. The molecule has 0 bridgehead atoms. The summed E-state index contributed by atoms with van der Waals surface area (Å²) < 4.78 is 13.2. The molecule has 0 aliphatic heterocycles. The summed E-state index contributed by atoms with van der Waals surface area (Å²) in [6.45, 7) is 1.66. The number of carbonyl (C=O) groups excluding carboxylic acids is 1. The van der Waals surface area contributed by atoms with Crippen molar-refractivity contribution < 1.29 is 9.18 Å². The van der Waals surface area contributed by atoms with Crippen molar-refractivity contribution in [3.05, 3.63) is 75.9 Å². The molecule has 5 nitrogen and oxygen atoms in total. The number of hydrogen-bond acceptors (Lipinski definition) is 4. The summed E-state index contributed by atoms with van der Waals surface area (Å²) in [6, 6.07) is 12.1. The summed E-state index contributed by atoms with van der Waals surface area (Å²) in [4.78, 5) is 20.8. The van der Waals surface area contributed by atoms with Crippen LogP contribution in [0.5, 0.6) is 0 Å². The highest BCUT2D eigenvalue weighted by molar-refractivity contribution is 6.36. The van der Waals surface area contributed by atoms with E-state index in [1.165, 1.54) is 24.3 Å². The lowest BCUT2D eigenvalue weighted by Crippen LogP contribution is -2.15. The Bertz CT molecular complexity index is 981. The molecule has 0 unspecified atom stereocenters. The Balaban J connectivity index is 1.84. The summed E-state index contributed by atoms with van der Waals surface area (Å²) in [5.41, 5.74) is 1.06. The van der Waals surface area contributed by atoms with E-state index in [0.29, 0.717) is 33.1 Å². The van der Waals surface area contributed by atoms with Gasteiger partial charge in [0.1, 0.15) is 23.2 Å². The van der Waals surface area contributed by atoms with E-state index in [1.54, 1.807) is 31.2 Å². The van der Waals surface area contributed by atoms with Crippen molar-refractivity contribution in [1.82, 2.24) is 9.97 Å². The first-order valence-electron chi connectivity index (χ1n) is 7.55. The van der Waals surface area contributed by atoms with E-state index >= 15 is 0 Å². The Morgan fingerprint density at radius 2 is 1.88 bits per heavy atom. The summed E-state index contributed by atoms with van der Waals surface area (Å²) in [6.07, 6.45) is 0. The minimum absolute atomic E-state index is 0.134. The van der Waals surface area contributed by atoms with Crippen LogP contribution in [0.1, 0.15) is 16.3 Å². The molecule has 0 aliphatic rings. The highest BCUT2D eigenvalue weighted by atomic mass is 35.5. The van der Waals surface area contributed by atoms with Crippen molar-refractivity contribution in [3.63, 3.8) is 0 Å². The smallest absolute Gasteiger partial charge is 0.274 e. The number of hydrogen-bond donors (Lipinski definition) is 2. The van der Waals surface area contributed by atoms with Gasteiger partial charge in [-0.05, 0) is 43.3 Å². The average molecular weight is 391 g/mol. The first-order valence-corrected chi connectivity index (χ1v) is 8.31. The second-order valence-electron chi connectivity index (χ2n) is 5.40. The van der Waals surface area contributed by atoms with Gasteiger partial charge in [-0.3, -0.25) is 4.79 Å². The molecule has 0 radical (unpaired) electrons. The third kappa shape index (κ3) is 4.47. The standard InChI is InChI=1S/C18H13Cl2FN4O/c1-10-22-16(18(26)24-13-4-2-3-12(21)8-13)9-17(23-10)25-15-6-5-11(19)7-14(15)20/h2-9H,1H3,(H,24,26)(H,22,23,25). The lowest BCUT2D eigenvalue weighted by atomic mass is 10.2.